The summed E-state index contributed by atoms with van der Waals surface area (Å²) in [6, 6.07) is 0.709. The molecule has 0 bridgehead atoms. The number of rotatable bonds is 7. The smallest absolute Gasteiger partial charge is 0.146 e. The summed E-state index contributed by atoms with van der Waals surface area (Å²) in [6.07, 6.45) is 6.25. The van der Waals surface area contributed by atoms with Crippen molar-refractivity contribution in [2.24, 2.45) is 0 Å². The van der Waals surface area contributed by atoms with E-state index in [9.17, 15) is 0 Å². The Hall–Kier alpha value is -1.20. The Morgan fingerprint density at radius 3 is 2.82 bits per heavy atom. The van der Waals surface area contributed by atoms with Gasteiger partial charge in [0, 0.05) is 33.3 Å². The van der Waals surface area contributed by atoms with Crippen LogP contribution in [0.25, 0.3) is 0 Å². The second kappa shape index (κ2) is 5.93. The van der Waals surface area contributed by atoms with Crippen molar-refractivity contribution in [2.75, 3.05) is 32.2 Å². The van der Waals surface area contributed by atoms with E-state index in [0.717, 1.165) is 24.6 Å². The molecule has 1 aliphatic rings. The van der Waals surface area contributed by atoms with Crippen LogP contribution in [0.2, 0.25) is 0 Å². The average Bonchev–Trinajstić information content (AvgIpc) is 3.18. The number of hydrogen-bond donors (Lipinski definition) is 1. The van der Waals surface area contributed by atoms with Crippen LogP contribution in [0, 0.1) is 0 Å². The first-order valence-electron chi connectivity index (χ1n) is 6.04. The van der Waals surface area contributed by atoms with Crippen molar-refractivity contribution >= 4 is 5.82 Å². The first kappa shape index (κ1) is 12.3. The summed E-state index contributed by atoms with van der Waals surface area (Å²) in [5.41, 5.74) is 1.00. The van der Waals surface area contributed by atoms with Gasteiger partial charge in [-0.15, -0.1) is 0 Å². The number of hydrogen-bond acceptors (Lipinski definition) is 5. The zero-order valence-corrected chi connectivity index (χ0v) is 10.5. The van der Waals surface area contributed by atoms with Gasteiger partial charge >= 0.3 is 0 Å². The molecule has 1 aliphatic carbocycles. The molecule has 0 saturated heterocycles. The number of likely N-dealkylation sites (N-methyl/N-ethyl adjacent to an activating group) is 1. The van der Waals surface area contributed by atoms with Crippen LogP contribution in [0.4, 0.5) is 5.82 Å². The van der Waals surface area contributed by atoms with Crippen LogP contribution in [0.5, 0.6) is 0 Å². The molecule has 0 amide bonds. The van der Waals surface area contributed by atoms with E-state index >= 15 is 0 Å². The first-order valence-corrected chi connectivity index (χ1v) is 6.04. The van der Waals surface area contributed by atoms with Gasteiger partial charge in [0.2, 0.25) is 0 Å². The molecule has 0 radical (unpaired) electrons. The minimum Gasteiger partial charge on any atom is -0.383 e. The maximum atomic E-state index is 5.03. The van der Waals surface area contributed by atoms with Gasteiger partial charge in [0.15, 0.2) is 0 Å². The topological polar surface area (TPSA) is 50.3 Å². The Kier molecular flexibility index (Phi) is 4.28. The van der Waals surface area contributed by atoms with Crippen molar-refractivity contribution < 1.29 is 4.74 Å². The van der Waals surface area contributed by atoms with Crippen molar-refractivity contribution in [1.82, 2.24) is 15.3 Å². The summed E-state index contributed by atoms with van der Waals surface area (Å²) in [5, 5.41) is 3.42. The third kappa shape index (κ3) is 3.94. The summed E-state index contributed by atoms with van der Waals surface area (Å²) in [7, 11) is 3.69. The van der Waals surface area contributed by atoms with Crippen LogP contribution < -0.4 is 10.2 Å². The predicted octanol–water partition coefficient (Wildman–Crippen LogP) is 0.811. The molecule has 5 nitrogen and oxygen atoms in total. The molecule has 2 rings (SSSR count). The first-order chi connectivity index (χ1) is 8.29. The molecule has 1 fully saturated rings. The second-order valence-corrected chi connectivity index (χ2v) is 4.44. The highest BCUT2D eigenvalue weighted by Gasteiger charge is 2.20. The van der Waals surface area contributed by atoms with Gasteiger partial charge in [-0.3, -0.25) is 4.98 Å². The summed E-state index contributed by atoms with van der Waals surface area (Å²) in [6.45, 7) is 2.34. The number of ether oxygens (including phenoxy) is 1. The monoisotopic (exact) mass is 236 g/mol. The van der Waals surface area contributed by atoms with E-state index < -0.39 is 0 Å². The van der Waals surface area contributed by atoms with E-state index in [0.29, 0.717) is 12.6 Å². The van der Waals surface area contributed by atoms with Crippen molar-refractivity contribution in [3.8, 4) is 0 Å². The van der Waals surface area contributed by atoms with Gasteiger partial charge in [-0.1, -0.05) is 0 Å². The fourth-order valence-electron chi connectivity index (χ4n) is 1.52. The van der Waals surface area contributed by atoms with Gasteiger partial charge in [0.1, 0.15) is 5.82 Å². The maximum absolute atomic E-state index is 5.03. The molecule has 1 aromatic heterocycles. The van der Waals surface area contributed by atoms with E-state index in [1.807, 2.05) is 24.3 Å². The normalized spacial score (nSPS) is 14.9. The summed E-state index contributed by atoms with van der Waals surface area (Å²) < 4.78 is 5.03. The Bertz CT molecular complexity index is 337. The predicted molar refractivity (Wildman–Crippen MR) is 67.0 cm³/mol. The number of nitrogens with zero attached hydrogens (tertiary/aromatic N) is 3. The maximum Gasteiger partial charge on any atom is 0.146 e. The van der Waals surface area contributed by atoms with E-state index in [2.05, 4.69) is 15.3 Å². The zero-order valence-electron chi connectivity index (χ0n) is 10.5. The SMILES string of the molecule is COCCN(C)c1cnc(CNC2CC2)cn1. The molecule has 0 aliphatic heterocycles. The van der Waals surface area contributed by atoms with Gasteiger partial charge in [-0.25, -0.2) is 4.98 Å². The molecule has 0 aromatic carbocycles. The lowest BCUT2D eigenvalue weighted by Gasteiger charge is -2.17. The molecule has 0 unspecified atom stereocenters. The molecule has 5 heteroatoms. The quantitative estimate of drug-likeness (QED) is 0.759. The number of aromatic nitrogens is 2. The minimum absolute atomic E-state index is 0.698. The fourth-order valence-corrected chi connectivity index (χ4v) is 1.52. The van der Waals surface area contributed by atoms with Gasteiger partial charge in [-0.2, -0.15) is 0 Å². The van der Waals surface area contributed by atoms with Crippen molar-refractivity contribution in [2.45, 2.75) is 25.4 Å². The van der Waals surface area contributed by atoms with Crippen molar-refractivity contribution in [3.63, 3.8) is 0 Å². The van der Waals surface area contributed by atoms with E-state index in [-0.39, 0.29) is 0 Å². The standard InChI is InChI=1S/C12H20N4O/c1-16(5-6-17-2)12-9-14-11(8-15-12)7-13-10-3-4-10/h8-10,13H,3-7H2,1-2H3. The lowest BCUT2D eigenvalue weighted by molar-refractivity contribution is 0.206. The van der Waals surface area contributed by atoms with Crippen LogP contribution in [-0.4, -0.2) is 43.3 Å². The van der Waals surface area contributed by atoms with Gasteiger partial charge in [0.25, 0.3) is 0 Å². The van der Waals surface area contributed by atoms with E-state index in [1.54, 1.807) is 7.11 Å². The highest BCUT2D eigenvalue weighted by atomic mass is 16.5. The molecule has 94 valence electrons. The largest absolute Gasteiger partial charge is 0.383 e. The molecule has 0 atom stereocenters. The van der Waals surface area contributed by atoms with Crippen LogP contribution >= 0.6 is 0 Å². The van der Waals surface area contributed by atoms with Gasteiger partial charge in [-0.05, 0) is 12.8 Å². The minimum atomic E-state index is 0.698. The lowest BCUT2D eigenvalue weighted by Crippen LogP contribution is -2.23. The molecular weight excluding hydrogens is 216 g/mol. The number of anilines is 1. The lowest BCUT2D eigenvalue weighted by atomic mass is 10.4. The van der Waals surface area contributed by atoms with Crippen LogP contribution in [0.1, 0.15) is 18.5 Å². The Morgan fingerprint density at radius 1 is 1.41 bits per heavy atom. The molecule has 1 aromatic rings. The zero-order chi connectivity index (χ0) is 12.1. The van der Waals surface area contributed by atoms with Crippen molar-refractivity contribution in [3.05, 3.63) is 18.1 Å². The third-order valence-electron chi connectivity index (χ3n) is 2.86. The second-order valence-electron chi connectivity index (χ2n) is 4.44. The highest BCUT2D eigenvalue weighted by Crippen LogP contribution is 2.19. The summed E-state index contributed by atoms with van der Waals surface area (Å²) >= 11 is 0. The highest BCUT2D eigenvalue weighted by molar-refractivity contribution is 5.34. The third-order valence-corrected chi connectivity index (χ3v) is 2.86. The van der Waals surface area contributed by atoms with E-state index in [1.165, 1.54) is 12.8 Å². The Labute approximate surface area is 102 Å². The Balaban J connectivity index is 1.82. The fraction of sp³-hybridized carbons (Fsp3) is 0.667. The van der Waals surface area contributed by atoms with Gasteiger partial charge in [0.05, 0.1) is 24.7 Å². The number of methoxy groups -OCH3 is 1. The van der Waals surface area contributed by atoms with Gasteiger partial charge < -0.3 is 15.0 Å². The number of nitrogens with one attached hydrogen (secondary N) is 1. The Morgan fingerprint density at radius 2 is 2.24 bits per heavy atom. The van der Waals surface area contributed by atoms with Crippen LogP contribution in [0.15, 0.2) is 12.4 Å². The molecule has 17 heavy (non-hydrogen) atoms. The molecule has 1 heterocycles. The van der Waals surface area contributed by atoms with Crippen molar-refractivity contribution in [1.29, 1.82) is 0 Å². The summed E-state index contributed by atoms with van der Waals surface area (Å²) in [5.74, 6) is 0.886. The van der Waals surface area contributed by atoms with E-state index in [4.69, 9.17) is 4.74 Å². The molecule has 1 N–H and O–H groups in total. The average molecular weight is 236 g/mol. The summed E-state index contributed by atoms with van der Waals surface area (Å²) in [4.78, 5) is 10.8. The molecule has 1 saturated carbocycles. The molecular formula is C12H20N4O. The molecule has 0 spiro atoms. The van der Waals surface area contributed by atoms with Crippen LogP contribution in [-0.2, 0) is 11.3 Å². The van der Waals surface area contributed by atoms with Crippen LogP contribution in [0.3, 0.4) is 0 Å².